The number of benzene rings is 1. The van der Waals surface area contributed by atoms with Crippen LogP contribution in [0, 0.1) is 25.6 Å². The second-order valence-electron chi connectivity index (χ2n) is 9.66. The van der Waals surface area contributed by atoms with E-state index in [1.807, 2.05) is 13.8 Å². The van der Waals surface area contributed by atoms with Gasteiger partial charge in [-0.2, -0.15) is 5.10 Å². The van der Waals surface area contributed by atoms with Crippen LogP contribution in [0.5, 0.6) is 0 Å². The second-order valence-corrected chi connectivity index (χ2v) is 9.66. The molecule has 2 fully saturated rings. The van der Waals surface area contributed by atoms with Crippen molar-refractivity contribution in [3.8, 4) is 0 Å². The Kier molecular flexibility index (Phi) is 6.58. The largest absolute Gasteiger partial charge is 0.338 e. The first kappa shape index (κ1) is 24.1. The molecule has 182 valence electrons. The standard InChI is InChI=1S/C25H32FN5O3/c1-15-5-4-8-25(15,27)24(34)31-11-9-30(10-12-31)23(33)19-13-18(6-7-20(19)26)14-21-16(2)17(3)22(32)29-28-21/h6-7,13,15H,4-5,8-12,14,27H2,1-3H3,(H,29,32). The molecule has 0 radical (unpaired) electrons. The summed E-state index contributed by atoms with van der Waals surface area (Å²) >= 11 is 0. The average molecular weight is 470 g/mol. The molecular formula is C25H32FN5O3. The van der Waals surface area contributed by atoms with Crippen molar-refractivity contribution >= 4 is 11.8 Å². The van der Waals surface area contributed by atoms with Crippen LogP contribution in [-0.4, -0.2) is 63.5 Å². The fourth-order valence-corrected chi connectivity index (χ4v) is 4.98. The van der Waals surface area contributed by atoms with Crippen LogP contribution in [0.3, 0.4) is 0 Å². The third-order valence-electron chi connectivity index (χ3n) is 7.62. The summed E-state index contributed by atoms with van der Waals surface area (Å²) in [6.45, 7) is 7.00. The summed E-state index contributed by atoms with van der Waals surface area (Å²) in [5.41, 5.74) is 8.14. The highest BCUT2D eigenvalue weighted by Crippen LogP contribution is 2.35. The topological polar surface area (TPSA) is 112 Å². The minimum absolute atomic E-state index is 0.00390. The Hall–Kier alpha value is -3.07. The van der Waals surface area contributed by atoms with Crippen molar-refractivity contribution in [2.24, 2.45) is 11.7 Å². The summed E-state index contributed by atoms with van der Waals surface area (Å²) < 4.78 is 14.6. The van der Waals surface area contributed by atoms with Crippen LogP contribution in [0.15, 0.2) is 23.0 Å². The molecule has 1 aliphatic carbocycles. The maximum absolute atomic E-state index is 14.6. The van der Waals surface area contributed by atoms with Gasteiger partial charge < -0.3 is 15.5 Å². The van der Waals surface area contributed by atoms with Gasteiger partial charge in [-0.25, -0.2) is 9.49 Å². The van der Waals surface area contributed by atoms with Crippen molar-refractivity contribution in [3.05, 3.63) is 62.3 Å². The van der Waals surface area contributed by atoms with E-state index in [1.54, 1.807) is 28.9 Å². The van der Waals surface area contributed by atoms with E-state index in [9.17, 15) is 18.8 Å². The van der Waals surface area contributed by atoms with Crippen LogP contribution < -0.4 is 11.3 Å². The van der Waals surface area contributed by atoms with Crippen LogP contribution in [0.2, 0.25) is 0 Å². The van der Waals surface area contributed by atoms with Crippen LogP contribution in [0.25, 0.3) is 0 Å². The van der Waals surface area contributed by atoms with Crippen molar-refractivity contribution < 1.29 is 14.0 Å². The van der Waals surface area contributed by atoms with Gasteiger partial charge in [0.05, 0.1) is 16.8 Å². The number of nitrogens with two attached hydrogens (primary N) is 1. The normalized spacial score (nSPS) is 22.8. The average Bonchev–Trinajstić information content (AvgIpc) is 3.18. The number of halogens is 1. The molecule has 1 aromatic carbocycles. The summed E-state index contributed by atoms with van der Waals surface area (Å²) in [6, 6.07) is 4.45. The Balaban J connectivity index is 1.45. The lowest BCUT2D eigenvalue weighted by Gasteiger charge is -2.39. The predicted molar refractivity (Wildman–Crippen MR) is 126 cm³/mol. The molecule has 0 spiro atoms. The first-order chi connectivity index (χ1) is 16.1. The quantitative estimate of drug-likeness (QED) is 0.711. The number of aromatic amines is 1. The van der Waals surface area contributed by atoms with Crippen molar-refractivity contribution in [1.29, 1.82) is 0 Å². The van der Waals surface area contributed by atoms with Gasteiger partial charge in [0.1, 0.15) is 5.82 Å². The molecule has 1 aliphatic heterocycles. The number of rotatable bonds is 4. The molecular weight excluding hydrogens is 437 g/mol. The number of amides is 2. The first-order valence-electron chi connectivity index (χ1n) is 11.8. The fraction of sp³-hybridized carbons (Fsp3) is 0.520. The van der Waals surface area contributed by atoms with E-state index in [2.05, 4.69) is 10.2 Å². The van der Waals surface area contributed by atoms with Crippen molar-refractivity contribution in [3.63, 3.8) is 0 Å². The number of hydrogen-bond acceptors (Lipinski definition) is 5. The van der Waals surface area contributed by atoms with Gasteiger partial charge >= 0.3 is 0 Å². The van der Waals surface area contributed by atoms with E-state index in [1.165, 1.54) is 6.07 Å². The second kappa shape index (κ2) is 9.29. The van der Waals surface area contributed by atoms with Crippen LogP contribution in [0.1, 0.15) is 58.9 Å². The Morgan fingerprint density at radius 3 is 2.50 bits per heavy atom. The number of carbonyl (C=O) groups is 2. The van der Waals surface area contributed by atoms with E-state index >= 15 is 0 Å². The SMILES string of the molecule is Cc1c(Cc2ccc(F)c(C(=O)N3CCN(C(=O)C4(N)CCCC4C)CC3)c2)n[nH]c(=O)c1C. The van der Waals surface area contributed by atoms with Gasteiger partial charge in [0.2, 0.25) is 5.91 Å². The highest BCUT2D eigenvalue weighted by atomic mass is 19.1. The Bertz CT molecular complexity index is 1170. The number of piperazine rings is 1. The van der Waals surface area contributed by atoms with E-state index in [4.69, 9.17) is 5.73 Å². The summed E-state index contributed by atoms with van der Waals surface area (Å²) in [5, 5.41) is 6.59. The van der Waals surface area contributed by atoms with Gasteiger partial charge in [-0.1, -0.05) is 19.4 Å². The maximum atomic E-state index is 14.6. The molecule has 4 rings (SSSR count). The van der Waals surface area contributed by atoms with Gasteiger partial charge in [0.15, 0.2) is 0 Å². The summed E-state index contributed by atoms with van der Waals surface area (Å²) in [7, 11) is 0. The lowest BCUT2D eigenvalue weighted by molar-refractivity contribution is -0.139. The lowest BCUT2D eigenvalue weighted by Crippen LogP contribution is -2.61. The Morgan fingerprint density at radius 2 is 1.85 bits per heavy atom. The number of carbonyl (C=O) groups excluding carboxylic acids is 2. The summed E-state index contributed by atoms with van der Waals surface area (Å²) in [5.74, 6) is -0.890. The zero-order valence-electron chi connectivity index (χ0n) is 20.0. The van der Waals surface area contributed by atoms with E-state index < -0.39 is 17.3 Å². The fourth-order valence-electron chi connectivity index (χ4n) is 4.98. The van der Waals surface area contributed by atoms with Crippen molar-refractivity contribution in [2.45, 2.75) is 52.0 Å². The highest BCUT2D eigenvalue weighted by Gasteiger charge is 2.45. The number of hydrogen-bond donors (Lipinski definition) is 2. The molecule has 2 aromatic rings. The number of nitrogens with one attached hydrogen (secondary N) is 1. The van der Waals surface area contributed by atoms with Crippen LogP contribution in [-0.2, 0) is 11.2 Å². The van der Waals surface area contributed by atoms with E-state index in [0.717, 1.165) is 24.0 Å². The number of H-pyrrole nitrogens is 1. The minimum atomic E-state index is -0.821. The molecule has 9 heteroatoms. The summed E-state index contributed by atoms with van der Waals surface area (Å²) in [6.07, 6.45) is 2.95. The van der Waals surface area contributed by atoms with Gasteiger partial charge in [-0.05, 0) is 55.9 Å². The zero-order valence-corrected chi connectivity index (χ0v) is 20.0. The third kappa shape index (κ3) is 4.36. The van der Waals surface area contributed by atoms with Gasteiger partial charge in [0.25, 0.3) is 11.5 Å². The van der Waals surface area contributed by atoms with Crippen LogP contribution in [0.4, 0.5) is 4.39 Å². The van der Waals surface area contributed by atoms with Gasteiger partial charge in [-0.3, -0.25) is 14.4 Å². The molecule has 2 heterocycles. The molecule has 2 unspecified atom stereocenters. The smallest absolute Gasteiger partial charge is 0.267 e. The monoisotopic (exact) mass is 469 g/mol. The van der Waals surface area contributed by atoms with E-state index in [-0.39, 0.29) is 22.9 Å². The zero-order chi connectivity index (χ0) is 24.6. The highest BCUT2D eigenvalue weighted by molar-refractivity contribution is 5.95. The van der Waals surface area contributed by atoms with Crippen molar-refractivity contribution in [1.82, 2.24) is 20.0 Å². The lowest BCUT2D eigenvalue weighted by atomic mass is 9.87. The maximum Gasteiger partial charge on any atom is 0.267 e. The van der Waals surface area contributed by atoms with Crippen LogP contribution >= 0.6 is 0 Å². The first-order valence-corrected chi connectivity index (χ1v) is 11.8. The molecule has 3 N–H and O–H groups in total. The molecule has 1 aromatic heterocycles. The molecule has 1 saturated carbocycles. The van der Waals surface area contributed by atoms with Gasteiger partial charge in [-0.15, -0.1) is 0 Å². The van der Waals surface area contributed by atoms with Gasteiger partial charge in [0, 0.05) is 38.2 Å². The molecule has 2 amide bonds. The number of nitrogens with zero attached hydrogens (tertiary/aromatic N) is 3. The Labute approximate surface area is 198 Å². The molecule has 2 aliphatic rings. The molecule has 2 atom stereocenters. The third-order valence-corrected chi connectivity index (χ3v) is 7.62. The summed E-state index contributed by atoms with van der Waals surface area (Å²) in [4.78, 5) is 41.2. The predicted octanol–water partition coefficient (Wildman–Crippen LogP) is 1.92. The molecule has 0 bridgehead atoms. The van der Waals surface area contributed by atoms with E-state index in [0.29, 0.717) is 50.3 Å². The minimum Gasteiger partial charge on any atom is -0.338 e. The molecule has 34 heavy (non-hydrogen) atoms. The molecule has 1 saturated heterocycles. The molecule has 8 nitrogen and oxygen atoms in total. The van der Waals surface area contributed by atoms with Crippen molar-refractivity contribution in [2.75, 3.05) is 26.2 Å². The Morgan fingerprint density at radius 1 is 1.18 bits per heavy atom. The number of aromatic nitrogens is 2.